The number of aromatic amines is 1. The van der Waals surface area contributed by atoms with Crippen molar-refractivity contribution in [3.05, 3.63) is 82.0 Å². The van der Waals surface area contributed by atoms with E-state index in [0.29, 0.717) is 27.7 Å². The Bertz CT molecular complexity index is 1360. The number of allylic oxidation sites excluding steroid dienone is 1. The average Bonchev–Trinajstić information content (AvgIpc) is 3.17. The second-order valence-electron chi connectivity index (χ2n) is 6.99. The van der Waals surface area contributed by atoms with Crippen LogP contribution in [0.1, 0.15) is 22.6 Å². The Morgan fingerprint density at radius 1 is 1.03 bits per heavy atom. The molecule has 0 bridgehead atoms. The van der Waals surface area contributed by atoms with E-state index in [1.807, 2.05) is 42.6 Å². The highest BCUT2D eigenvalue weighted by atomic mass is 35.5. The number of rotatable bonds is 2. The van der Waals surface area contributed by atoms with Crippen LogP contribution in [-0.4, -0.2) is 15.0 Å². The smallest absolute Gasteiger partial charge is 0.223 e. The lowest BCUT2D eigenvalue weighted by molar-refractivity contribution is 0.943. The van der Waals surface area contributed by atoms with E-state index in [2.05, 4.69) is 26.3 Å². The molecule has 5 rings (SSSR count). The van der Waals surface area contributed by atoms with Crippen LogP contribution in [-0.2, 0) is 0 Å². The van der Waals surface area contributed by atoms with Crippen LogP contribution >= 0.6 is 11.6 Å². The van der Waals surface area contributed by atoms with Gasteiger partial charge in [0.05, 0.1) is 23.3 Å². The number of nitrogens with zero attached hydrogens (tertiary/aromatic N) is 3. The lowest BCUT2D eigenvalue weighted by Crippen LogP contribution is -2.21. The van der Waals surface area contributed by atoms with E-state index >= 15 is 0 Å². The van der Waals surface area contributed by atoms with Gasteiger partial charge in [0.15, 0.2) is 0 Å². The largest absolute Gasteiger partial charge is 0.383 e. The van der Waals surface area contributed by atoms with E-state index < -0.39 is 5.92 Å². The predicted molar refractivity (Wildman–Crippen MR) is 119 cm³/mol. The first-order chi connectivity index (χ1) is 14.6. The summed E-state index contributed by atoms with van der Waals surface area (Å²) < 4.78 is 0. The summed E-state index contributed by atoms with van der Waals surface area (Å²) in [5.74, 6) is 0.315. The number of benzene rings is 2. The lowest BCUT2D eigenvalue weighted by atomic mass is 9.81. The number of nitrogens with one attached hydrogen (secondary N) is 2. The van der Waals surface area contributed by atoms with Gasteiger partial charge in [-0.25, -0.2) is 0 Å². The molecule has 0 spiro atoms. The molecule has 2 aromatic carbocycles. The van der Waals surface area contributed by atoms with Crippen molar-refractivity contribution in [1.29, 1.82) is 5.26 Å². The maximum Gasteiger partial charge on any atom is 0.223 e. The van der Waals surface area contributed by atoms with Gasteiger partial charge in [-0.05, 0) is 23.8 Å². The third-order valence-electron chi connectivity index (χ3n) is 5.26. The molecule has 30 heavy (non-hydrogen) atoms. The summed E-state index contributed by atoms with van der Waals surface area (Å²) in [6.45, 7) is 0. The predicted octanol–water partition coefficient (Wildman–Crippen LogP) is 4.27. The summed E-state index contributed by atoms with van der Waals surface area (Å²) in [6, 6.07) is 17.6. The van der Waals surface area contributed by atoms with Gasteiger partial charge in [-0.1, -0.05) is 41.9 Å². The molecule has 1 aliphatic rings. The van der Waals surface area contributed by atoms with Crippen molar-refractivity contribution in [1.82, 2.24) is 15.0 Å². The molecule has 3 heterocycles. The van der Waals surface area contributed by atoms with Gasteiger partial charge in [-0.2, -0.15) is 15.2 Å². The fraction of sp³-hybridized carbons (Fsp3) is 0.0455. The highest BCUT2D eigenvalue weighted by Crippen LogP contribution is 2.46. The number of fused-ring (bicyclic) bond motifs is 2. The Balaban J connectivity index is 1.82. The van der Waals surface area contributed by atoms with Crippen molar-refractivity contribution in [3.8, 4) is 6.07 Å². The van der Waals surface area contributed by atoms with E-state index in [9.17, 15) is 5.26 Å². The van der Waals surface area contributed by atoms with Gasteiger partial charge in [-0.3, -0.25) is 0 Å². The average molecular weight is 414 g/mol. The van der Waals surface area contributed by atoms with Gasteiger partial charge in [0.1, 0.15) is 11.6 Å². The minimum Gasteiger partial charge on any atom is -0.383 e. The van der Waals surface area contributed by atoms with E-state index in [4.69, 9.17) is 23.1 Å². The Morgan fingerprint density at radius 2 is 1.80 bits per heavy atom. The normalized spacial score (nSPS) is 15.5. The zero-order valence-electron chi connectivity index (χ0n) is 15.6. The van der Waals surface area contributed by atoms with E-state index in [1.165, 1.54) is 0 Å². The van der Waals surface area contributed by atoms with Crippen molar-refractivity contribution < 1.29 is 0 Å². The van der Waals surface area contributed by atoms with Crippen LogP contribution in [0.25, 0.3) is 16.6 Å². The van der Waals surface area contributed by atoms with Crippen LogP contribution in [0, 0.1) is 11.3 Å². The number of nitrogens with two attached hydrogens (primary N) is 2. The van der Waals surface area contributed by atoms with Crippen molar-refractivity contribution in [3.63, 3.8) is 0 Å². The maximum absolute atomic E-state index is 10.2. The molecule has 6 N–H and O–H groups in total. The Labute approximate surface area is 177 Å². The number of hydrogen-bond donors (Lipinski definition) is 4. The molecular formula is C22H16ClN7. The fourth-order valence-electron chi connectivity index (χ4n) is 3.96. The minimum atomic E-state index is -0.465. The molecule has 7 nitrogen and oxygen atoms in total. The van der Waals surface area contributed by atoms with E-state index in [-0.39, 0.29) is 11.8 Å². The molecule has 1 atom stereocenters. The van der Waals surface area contributed by atoms with Crippen molar-refractivity contribution in [2.24, 2.45) is 0 Å². The van der Waals surface area contributed by atoms with Gasteiger partial charge < -0.3 is 21.8 Å². The number of para-hydroxylation sites is 1. The third-order valence-corrected chi connectivity index (χ3v) is 5.52. The first-order valence-electron chi connectivity index (χ1n) is 9.23. The van der Waals surface area contributed by atoms with Gasteiger partial charge in [0.25, 0.3) is 0 Å². The zero-order chi connectivity index (χ0) is 20.8. The number of H-pyrrole nitrogens is 1. The summed E-state index contributed by atoms with van der Waals surface area (Å²) in [4.78, 5) is 11.8. The Hall–Kier alpha value is -4.02. The summed E-state index contributed by atoms with van der Waals surface area (Å²) in [6.07, 6.45) is 1.88. The molecule has 0 aliphatic carbocycles. The molecule has 0 saturated carbocycles. The van der Waals surface area contributed by atoms with Gasteiger partial charge in [0.2, 0.25) is 5.95 Å². The summed E-state index contributed by atoms with van der Waals surface area (Å²) >= 11 is 6.09. The monoisotopic (exact) mass is 413 g/mol. The van der Waals surface area contributed by atoms with E-state index in [0.717, 1.165) is 22.0 Å². The van der Waals surface area contributed by atoms with Gasteiger partial charge >= 0.3 is 0 Å². The first-order valence-corrected chi connectivity index (χ1v) is 9.60. The number of nitriles is 1. The van der Waals surface area contributed by atoms with Crippen LogP contribution in [0.2, 0.25) is 5.02 Å². The molecule has 1 aliphatic heterocycles. The molecule has 4 aromatic rings. The molecule has 146 valence electrons. The molecule has 2 aromatic heterocycles. The van der Waals surface area contributed by atoms with Crippen molar-refractivity contribution in [2.75, 3.05) is 16.8 Å². The maximum atomic E-state index is 10.2. The van der Waals surface area contributed by atoms with Crippen LogP contribution in [0.4, 0.5) is 17.6 Å². The highest BCUT2D eigenvalue weighted by molar-refractivity contribution is 6.30. The molecular weight excluding hydrogens is 398 g/mol. The quantitative estimate of drug-likeness (QED) is 0.388. The third kappa shape index (κ3) is 2.74. The molecule has 0 fully saturated rings. The Morgan fingerprint density at radius 3 is 2.57 bits per heavy atom. The van der Waals surface area contributed by atoms with Crippen molar-refractivity contribution >= 4 is 45.8 Å². The lowest BCUT2D eigenvalue weighted by Gasteiger charge is -2.29. The SMILES string of the molecule is N#CC1=C(c2c[nH]c3ccccc23)Nc2nc(N)nc(N)c2C1c1ccc(Cl)cc1. The van der Waals surface area contributed by atoms with Gasteiger partial charge in [0, 0.05) is 33.2 Å². The number of halogens is 1. The zero-order valence-corrected chi connectivity index (χ0v) is 16.4. The Kier molecular flexibility index (Phi) is 4.09. The second-order valence-corrected chi connectivity index (χ2v) is 7.42. The molecule has 0 radical (unpaired) electrons. The molecule has 0 saturated heterocycles. The topological polar surface area (TPSA) is 129 Å². The number of anilines is 3. The van der Waals surface area contributed by atoms with Crippen LogP contribution < -0.4 is 16.8 Å². The van der Waals surface area contributed by atoms with Crippen molar-refractivity contribution in [2.45, 2.75) is 5.92 Å². The van der Waals surface area contributed by atoms with Crippen LogP contribution in [0.3, 0.4) is 0 Å². The summed E-state index contributed by atoms with van der Waals surface area (Å²) in [7, 11) is 0. The number of aromatic nitrogens is 3. The fourth-order valence-corrected chi connectivity index (χ4v) is 4.08. The number of hydrogen-bond acceptors (Lipinski definition) is 6. The summed E-state index contributed by atoms with van der Waals surface area (Å²) in [5.41, 5.74) is 16.6. The first kappa shape index (κ1) is 18.0. The highest BCUT2D eigenvalue weighted by Gasteiger charge is 2.34. The minimum absolute atomic E-state index is 0.0623. The standard InChI is InChI=1S/C22H16ClN7/c23-12-7-5-11(6-8-12)17-14(9-24)19(15-10-27-16-4-2-1-3-13(15)16)28-21-18(17)20(25)29-22(26)30-21/h1-8,10,17,27H,(H5,25,26,28,29,30). The molecule has 8 heteroatoms. The van der Waals surface area contributed by atoms with E-state index in [1.54, 1.807) is 12.1 Å². The summed E-state index contributed by atoms with van der Waals surface area (Å²) in [5, 5.41) is 15.1. The molecule has 1 unspecified atom stereocenters. The number of nitrogen functional groups attached to an aromatic ring is 2. The van der Waals surface area contributed by atoms with Crippen LogP contribution in [0.5, 0.6) is 0 Å². The van der Waals surface area contributed by atoms with Gasteiger partial charge in [-0.15, -0.1) is 0 Å². The van der Waals surface area contributed by atoms with Crippen LogP contribution in [0.15, 0.2) is 60.3 Å². The molecule has 0 amide bonds. The second kappa shape index (κ2) is 6.79.